The lowest BCUT2D eigenvalue weighted by Crippen LogP contribution is -2.50. The number of fused-ring (bicyclic) bond motifs is 2. The van der Waals surface area contributed by atoms with Crippen molar-refractivity contribution in [2.75, 3.05) is 11.9 Å². The van der Waals surface area contributed by atoms with Gasteiger partial charge in [-0.1, -0.05) is 23.8 Å². The van der Waals surface area contributed by atoms with E-state index in [4.69, 9.17) is 11.6 Å². The van der Waals surface area contributed by atoms with E-state index in [9.17, 15) is 36.3 Å². The average molecular weight is 585 g/mol. The van der Waals surface area contributed by atoms with Crippen molar-refractivity contribution in [1.29, 1.82) is 0 Å². The Morgan fingerprint density at radius 2 is 1.72 bits per heavy atom. The van der Waals surface area contributed by atoms with Gasteiger partial charge < -0.3 is 15.7 Å². The maximum atomic E-state index is 13.7. The van der Waals surface area contributed by atoms with Gasteiger partial charge in [-0.2, -0.15) is 0 Å². The Labute approximate surface area is 229 Å². The lowest BCUT2D eigenvalue weighted by Gasteiger charge is -2.42. The number of halogens is 4. The molecule has 2 bridgehead atoms. The van der Waals surface area contributed by atoms with E-state index in [2.05, 4.69) is 10.6 Å². The van der Waals surface area contributed by atoms with Crippen molar-refractivity contribution in [2.45, 2.75) is 54.8 Å². The lowest BCUT2D eigenvalue weighted by molar-refractivity contribution is -0.132. The van der Waals surface area contributed by atoms with Gasteiger partial charge in [0.25, 0.3) is 5.91 Å². The van der Waals surface area contributed by atoms with E-state index in [1.807, 2.05) is 6.92 Å². The van der Waals surface area contributed by atoms with E-state index in [-0.39, 0.29) is 46.3 Å². The van der Waals surface area contributed by atoms with Crippen molar-refractivity contribution in [3.8, 4) is 0 Å². The molecule has 0 saturated heterocycles. The first-order chi connectivity index (χ1) is 18.4. The van der Waals surface area contributed by atoms with Gasteiger partial charge in [0.1, 0.15) is 0 Å². The summed E-state index contributed by atoms with van der Waals surface area (Å²) in [6, 6.07) is 4.77. The number of hydrogen-bond donors (Lipinski definition) is 3. The Bertz CT molecular complexity index is 1400. The third-order valence-corrected chi connectivity index (χ3v) is 10.3. The Kier molecular flexibility index (Phi) is 8.44. The Morgan fingerprint density at radius 3 is 2.31 bits per heavy atom. The highest BCUT2D eigenvalue weighted by molar-refractivity contribution is 7.92. The van der Waals surface area contributed by atoms with Gasteiger partial charge in [0, 0.05) is 29.9 Å². The monoisotopic (exact) mass is 584 g/mol. The molecule has 2 aromatic carbocycles. The molecule has 0 aliphatic heterocycles. The fourth-order valence-electron chi connectivity index (χ4n) is 5.64. The van der Waals surface area contributed by atoms with Gasteiger partial charge in [0.2, 0.25) is 5.91 Å². The molecular formula is C27H28ClF3N2O5S. The summed E-state index contributed by atoms with van der Waals surface area (Å²) in [5.41, 5.74) is -1.80. The summed E-state index contributed by atoms with van der Waals surface area (Å²) < 4.78 is 67.6. The highest BCUT2D eigenvalue weighted by Crippen LogP contribution is 2.53. The summed E-state index contributed by atoms with van der Waals surface area (Å²) in [5.74, 6) is -6.67. The predicted octanol–water partition coefficient (Wildman–Crippen LogP) is 4.79. The third kappa shape index (κ3) is 5.85. The number of carbonyl (C=O) groups is 2. The third-order valence-electron chi connectivity index (χ3n) is 7.65. The Balaban J connectivity index is 1.52. The minimum atomic E-state index is -4.07. The van der Waals surface area contributed by atoms with Crippen LogP contribution in [0.15, 0.2) is 47.4 Å². The molecule has 4 atom stereocenters. The minimum absolute atomic E-state index is 0.109. The summed E-state index contributed by atoms with van der Waals surface area (Å²) in [5, 5.41) is 15.3. The van der Waals surface area contributed by atoms with E-state index in [1.165, 1.54) is 12.1 Å². The molecule has 3 unspecified atom stereocenters. The molecule has 2 saturated carbocycles. The second-order valence-electron chi connectivity index (χ2n) is 10.0. The van der Waals surface area contributed by atoms with Crippen LogP contribution in [0.3, 0.4) is 0 Å². The van der Waals surface area contributed by atoms with Crippen LogP contribution in [0.2, 0.25) is 5.02 Å². The summed E-state index contributed by atoms with van der Waals surface area (Å²) in [6.45, 7) is 2.16. The van der Waals surface area contributed by atoms with Crippen LogP contribution in [0, 0.1) is 29.3 Å². The zero-order chi connectivity index (χ0) is 28.5. The number of anilines is 1. The molecule has 2 aromatic rings. The summed E-state index contributed by atoms with van der Waals surface area (Å²) in [4.78, 5) is 24.8. The number of sulfone groups is 1. The van der Waals surface area contributed by atoms with Gasteiger partial charge in [0.05, 0.1) is 27.2 Å². The van der Waals surface area contributed by atoms with Crippen LogP contribution in [0.1, 0.15) is 49.4 Å². The Hall–Kier alpha value is -2.89. The number of carbonyl (C=O) groups excluding carboxylic acids is 2. The second-order valence-corrected chi connectivity index (χ2v) is 12.6. The van der Waals surface area contributed by atoms with E-state index in [1.54, 1.807) is 12.2 Å². The topological polar surface area (TPSA) is 113 Å². The first kappa shape index (κ1) is 29.1. The highest BCUT2D eigenvalue weighted by Gasteiger charge is 2.56. The number of allylic oxidation sites excluding steroid dienone is 1. The molecule has 0 aromatic heterocycles. The zero-order valence-corrected chi connectivity index (χ0v) is 22.6. The number of rotatable bonds is 8. The average Bonchev–Trinajstić information content (AvgIpc) is 3.03. The molecule has 7 nitrogen and oxygen atoms in total. The molecular weight excluding hydrogens is 557 g/mol. The molecule has 12 heteroatoms. The van der Waals surface area contributed by atoms with Gasteiger partial charge in [-0.3, -0.25) is 9.59 Å². The van der Waals surface area contributed by atoms with Crippen LogP contribution in [0.5, 0.6) is 0 Å². The van der Waals surface area contributed by atoms with Crippen LogP contribution in [-0.2, 0) is 14.6 Å². The second kappa shape index (κ2) is 11.3. The van der Waals surface area contributed by atoms with Gasteiger partial charge >= 0.3 is 0 Å². The first-order valence-corrected chi connectivity index (χ1v) is 14.4. The number of hydrogen-bond acceptors (Lipinski definition) is 5. The number of nitrogens with one attached hydrogen (secondary N) is 2. The summed E-state index contributed by atoms with van der Waals surface area (Å²) in [7, 11) is -4.07. The molecule has 2 aliphatic rings. The maximum absolute atomic E-state index is 13.7. The smallest absolute Gasteiger partial charge is 0.255 e. The summed E-state index contributed by atoms with van der Waals surface area (Å²) >= 11 is 6.24. The largest absolute Gasteiger partial charge is 0.389 e. The van der Waals surface area contributed by atoms with Crippen molar-refractivity contribution in [3.05, 3.63) is 70.5 Å². The van der Waals surface area contributed by atoms with Crippen molar-refractivity contribution in [3.63, 3.8) is 0 Å². The molecule has 2 fully saturated rings. The van der Waals surface area contributed by atoms with E-state index >= 15 is 0 Å². The molecule has 4 rings (SSSR count). The number of aliphatic hydroxyl groups is 1. The predicted molar refractivity (Wildman–Crippen MR) is 140 cm³/mol. The minimum Gasteiger partial charge on any atom is -0.389 e. The maximum Gasteiger partial charge on any atom is 0.255 e. The van der Waals surface area contributed by atoms with Crippen LogP contribution in [0.25, 0.3) is 0 Å². The highest BCUT2D eigenvalue weighted by atomic mass is 35.5. The zero-order valence-electron chi connectivity index (χ0n) is 21.0. The summed E-state index contributed by atoms with van der Waals surface area (Å²) in [6.07, 6.45) is 4.85. The van der Waals surface area contributed by atoms with E-state index in [0.29, 0.717) is 31.5 Å². The first-order valence-electron chi connectivity index (χ1n) is 12.5. The SMILES string of the molecule is CC=CCNC(=O)CC1(O)C2CC[C@H]1CC(S(=O)(=O)c1cc(C(=O)Nc3cc(F)c(F)c(F)c3)ccc1Cl)C2. The molecule has 210 valence electrons. The van der Waals surface area contributed by atoms with Crippen molar-refractivity contribution in [2.24, 2.45) is 11.8 Å². The molecule has 3 N–H and O–H groups in total. The van der Waals surface area contributed by atoms with Gasteiger partial charge in [-0.25, -0.2) is 21.6 Å². The fraction of sp³-hybridized carbons (Fsp3) is 0.407. The van der Waals surface area contributed by atoms with Crippen molar-refractivity contribution < 1.29 is 36.3 Å². The molecule has 2 aliphatic carbocycles. The Morgan fingerprint density at radius 1 is 1.10 bits per heavy atom. The van der Waals surface area contributed by atoms with Gasteiger partial charge in [0.15, 0.2) is 27.3 Å². The standard InChI is InChI=1S/C27H28ClF3N2O5S/c1-2-3-8-32-24(34)14-27(36)16-5-6-17(27)11-19(10-16)39(37,38)23-9-15(4-7-20(23)28)26(35)33-18-12-21(29)25(31)22(30)13-18/h2-4,7,9,12-13,16-17,19,36H,5-6,8,10-11,14H2,1H3,(H,32,34)(H,33,35)/t16-,17?,19?,27?/m0/s1. The van der Waals surface area contributed by atoms with Gasteiger partial charge in [-0.15, -0.1) is 0 Å². The van der Waals surface area contributed by atoms with E-state index in [0.717, 1.165) is 6.07 Å². The van der Waals surface area contributed by atoms with Crippen molar-refractivity contribution >= 4 is 38.9 Å². The van der Waals surface area contributed by atoms with Crippen molar-refractivity contribution in [1.82, 2.24) is 5.32 Å². The number of amides is 2. The normalized spacial score (nSPS) is 24.6. The fourth-order valence-corrected chi connectivity index (χ4v) is 8.04. The van der Waals surface area contributed by atoms with E-state index < -0.39 is 55.9 Å². The van der Waals surface area contributed by atoms with Crippen LogP contribution < -0.4 is 10.6 Å². The molecule has 0 radical (unpaired) electrons. The number of benzene rings is 2. The molecule has 39 heavy (non-hydrogen) atoms. The lowest BCUT2D eigenvalue weighted by atomic mass is 9.72. The molecule has 2 amide bonds. The van der Waals surface area contributed by atoms with Crippen LogP contribution >= 0.6 is 11.6 Å². The molecule has 0 spiro atoms. The van der Waals surface area contributed by atoms with Crippen LogP contribution in [0.4, 0.5) is 18.9 Å². The van der Waals surface area contributed by atoms with Gasteiger partial charge in [-0.05, 0) is 62.6 Å². The molecule has 0 heterocycles. The van der Waals surface area contributed by atoms with Crippen LogP contribution in [-0.4, -0.2) is 42.7 Å². The quantitative estimate of drug-likeness (QED) is 0.305.